The van der Waals surface area contributed by atoms with Crippen molar-refractivity contribution in [2.75, 3.05) is 12.1 Å². The Morgan fingerprint density at radius 3 is 2.81 bits per heavy atom. The van der Waals surface area contributed by atoms with Crippen LogP contribution < -0.4 is 10.9 Å². The normalized spacial score (nSPS) is 10.1. The van der Waals surface area contributed by atoms with E-state index in [1.165, 1.54) is 12.1 Å². The fourth-order valence-electron chi connectivity index (χ4n) is 1.38. The largest absolute Gasteiger partial charge is 0.473 e. The van der Waals surface area contributed by atoms with Gasteiger partial charge in [0.15, 0.2) is 5.82 Å². The highest BCUT2D eigenvalue weighted by Gasteiger charge is 2.09. The predicted octanol–water partition coefficient (Wildman–Crippen LogP) is 1.85. The number of hydrazine groups is 1. The Labute approximate surface area is 98.6 Å². The summed E-state index contributed by atoms with van der Waals surface area (Å²) in [5.41, 5.74) is 0.870. The van der Waals surface area contributed by atoms with Crippen LogP contribution in [0.25, 0.3) is 10.9 Å². The Kier molecular flexibility index (Phi) is 2.98. The van der Waals surface area contributed by atoms with E-state index in [4.69, 9.17) is 22.8 Å². The quantitative estimate of drug-likeness (QED) is 0.463. The van der Waals surface area contributed by atoms with Crippen LogP contribution in [0.1, 0.15) is 0 Å². The Morgan fingerprint density at radius 2 is 2.06 bits per heavy atom. The number of rotatable bonds is 1. The van der Waals surface area contributed by atoms with Gasteiger partial charge in [0.2, 0.25) is 0 Å². The number of aromatic nitrogens is 1. The number of pyridine rings is 1. The number of nitrogens with two attached hydrogens (primary N) is 1. The second-order valence-electron chi connectivity index (χ2n) is 3.20. The zero-order valence-corrected chi connectivity index (χ0v) is 9.57. The van der Waals surface area contributed by atoms with Crippen LogP contribution in [0.2, 0.25) is 0 Å². The van der Waals surface area contributed by atoms with E-state index in [2.05, 4.69) is 4.98 Å². The molecule has 0 aliphatic rings. The highest BCUT2D eigenvalue weighted by Crippen LogP contribution is 2.16. The summed E-state index contributed by atoms with van der Waals surface area (Å²) in [7, 11) is 1.48. The molecular formula is C11H11N3OS. The molecule has 4 nitrogen and oxygen atoms in total. The first-order chi connectivity index (χ1) is 7.72. The summed E-state index contributed by atoms with van der Waals surface area (Å²) in [4.78, 5) is 4.38. The Bertz CT molecular complexity index is 529. The molecule has 0 unspecified atom stereocenters. The number of para-hydroxylation sites is 1. The van der Waals surface area contributed by atoms with Crippen molar-refractivity contribution in [3.63, 3.8) is 0 Å². The van der Waals surface area contributed by atoms with Crippen molar-refractivity contribution in [2.45, 2.75) is 0 Å². The summed E-state index contributed by atoms with van der Waals surface area (Å²) in [6.45, 7) is 0. The van der Waals surface area contributed by atoms with Crippen molar-refractivity contribution >= 4 is 34.1 Å². The monoisotopic (exact) mass is 233 g/mol. The smallest absolute Gasteiger partial charge is 0.279 e. The van der Waals surface area contributed by atoms with Crippen LogP contribution in [0, 0.1) is 0 Å². The SMILES string of the molecule is COC(=S)N(N)c1ccc2ccccc2n1. The summed E-state index contributed by atoms with van der Waals surface area (Å²) in [5.74, 6) is 6.31. The molecule has 2 aromatic rings. The van der Waals surface area contributed by atoms with Crippen LogP contribution in [0.15, 0.2) is 36.4 Å². The van der Waals surface area contributed by atoms with Gasteiger partial charge >= 0.3 is 0 Å². The Balaban J connectivity index is 2.43. The lowest BCUT2D eigenvalue weighted by atomic mass is 10.2. The molecule has 0 saturated heterocycles. The van der Waals surface area contributed by atoms with E-state index in [0.717, 1.165) is 10.9 Å². The molecule has 82 valence electrons. The molecule has 1 aromatic heterocycles. The maximum absolute atomic E-state index is 5.74. The Hall–Kier alpha value is -1.72. The van der Waals surface area contributed by atoms with E-state index in [-0.39, 0.29) is 5.17 Å². The van der Waals surface area contributed by atoms with Crippen molar-refractivity contribution in [1.29, 1.82) is 0 Å². The van der Waals surface area contributed by atoms with Gasteiger partial charge in [-0.2, -0.15) is 0 Å². The molecule has 2 rings (SSSR count). The number of benzene rings is 1. The number of hydrogen-bond acceptors (Lipinski definition) is 4. The van der Waals surface area contributed by atoms with Gasteiger partial charge in [-0.3, -0.25) is 0 Å². The predicted molar refractivity (Wildman–Crippen MR) is 68.0 cm³/mol. The van der Waals surface area contributed by atoms with Gasteiger partial charge in [-0.05, 0) is 30.4 Å². The van der Waals surface area contributed by atoms with Crippen molar-refractivity contribution in [1.82, 2.24) is 4.98 Å². The van der Waals surface area contributed by atoms with Gasteiger partial charge in [0.05, 0.1) is 12.6 Å². The van der Waals surface area contributed by atoms with E-state index in [1.807, 2.05) is 30.3 Å². The zero-order valence-electron chi connectivity index (χ0n) is 8.75. The molecule has 0 aliphatic carbocycles. The van der Waals surface area contributed by atoms with Crippen LogP contribution in [-0.4, -0.2) is 17.3 Å². The standard InChI is InChI=1S/C11H11N3OS/c1-15-11(16)14(12)10-7-6-8-4-2-3-5-9(8)13-10/h2-7H,12H2,1H3. The topological polar surface area (TPSA) is 51.4 Å². The second-order valence-corrected chi connectivity index (χ2v) is 3.55. The summed E-state index contributed by atoms with van der Waals surface area (Å²) < 4.78 is 4.87. The molecule has 0 radical (unpaired) electrons. The Morgan fingerprint density at radius 1 is 1.31 bits per heavy atom. The third-order valence-corrected chi connectivity index (χ3v) is 2.57. The third kappa shape index (κ3) is 1.95. The van der Waals surface area contributed by atoms with Gasteiger partial charge in [0, 0.05) is 5.39 Å². The minimum Gasteiger partial charge on any atom is -0.473 e. The molecule has 1 aromatic carbocycles. The maximum Gasteiger partial charge on any atom is 0.279 e. The van der Waals surface area contributed by atoms with Gasteiger partial charge < -0.3 is 4.74 Å². The lowest BCUT2D eigenvalue weighted by Gasteiger charge is -2.16. The number of anilines is 1. The molecule has 16 heavy (non-hydrogen) atoms. The average Bonchev–Trinajstić information content (AvgIpc) is 2.36. The van der Waals surface area contributed by atoms with Crippen LogP contribution in [0.3, 0.4) is 0 Å². The molecule has 0 bridgehead atoms. The number of thiocarbonyl (C=S) groups is 1. The maximum atomic E-state index is 5.74. The zero-order chi connectivity index (χ0) is 11.5. The van der Waals surface area contributed by atoms with Crippen molar-refractivity contribution in [3.05, 3.63) is 36.4 Å². The van der Waals surface area contributed by atoms with Crippen molar-refractivity contribution < 1.29 is 4.74 Å². The molecule has 1 heterocycles. The number of methoxy groups -OCH3 is 1. The fraction of sp³-hybridized carbons (Fsp3) is 0.0909. The van der Waals surface area contributed by atoms with Crippen LogP contribution in [-0.2, 0) is 4.74 Å². The molecule has 2 N–H and O–H groups in total. The number of hydrogen-bond donors (Lipinski definition) is 1. The first-order valence-electron chi connectivity index (χ1n) is 4.71. The van der Waals surface area contributed by atoms with Gasteiger partial charge in [0.25, 0.3) is 5.17 Å². The van der Waals surface area contributed by atoms with E-state index >= 15 is 0 Å². The number of nitrogens with zero attached hydrogens (tertiary/aromatic N) is 2. The molecule has 0 spiro atoms. The molecule has 0 fully saturated rings. The van der Waals surface area contributed by atoms with Gasteiger partial charge in [-0.1, -0.05) is 18.2 Å². The van der Waals surface area contributed by atoms with E-state index in [0.29, 0.717) is 5.82 Å². The van der Waals surface area contributed by atoms with Crippen LogP contribution in [0.4, 0.5) is 5.82 Å². The van der Waals surface area contributed by atoms with Crippen molar-refractivity contribution in [2.24, 2.45) is 5.84 Å². The minimum atomic E-state index is 0.183. The second kappa shape index (κ2) is 4.42. The van der Waals surface area contributed by atoms with Crippen LogP contribution in [0.5, 0.6) is 0 Å². The third-order valence-electron chi connectivity index (χ3n) is 2.20. The molecule has 0 amide bonds. The van der Waals surface area contributed by atoms with Gasteiger partial charge in [0.1, 0.15) is 0 Å². The molecule has 0 aliphatic heterocycles. The molecular weight excluding hydrogens is 222 g/mol. The summed E-state index contributed by atoms with van der Waals surface area (Å²) in [5, 5.41) is 2.48. The average molecular weight is 233 g/mol. The van der Waals surface area contributed by atoms with Gasteiger partial charge in [-0.15, -0.1) is 0 Å². The van der Waals surface area contributed by atoms with E-state index in [9.17, 15) is 0 Å². The lowest BCUT2D eigenvalue weighted by molar-refractivity contribution is 0.403. The summed E-state index contributed by atoms with van der Waals surface area (Å²) >= 11 is 4.92. The number of fused-ring (bicyclic) bond motifs is 1. The highest BCUT2D eigenvalue weighted by atomic mass is 32.1. The fourth-order valence-corrected chi connectivity index (χ4v) is 1.47. The minimum absolute atomic E-state index is 0.183. The van der Waals surface area contributed by atoms with Crippen LogP contribution >= 0.6 is 12.2 Å². The van der Waals surface area contributed by atoms with Gasteiger partial charge in [-0.25, -0.2) is 15.8 Å². The summed E-state index contributed by atoms with van der Waals surface area (Å²) in [6.07, 6.45) is 0. The highest BCUT2D eigenvalue weighted by molar-refractivity contribution is 7.80. The van der Waals surface area contributed by atoms with Crippen molar-refractivity contribution in [3.8, 4) is 0 Å². The van der Waals surface area contributed by atoms with E-state index < -0.39 is 0 Å². The van der Waals surface area contributed by atoms with E-state index in [1.54, 1.807) is 6.07 Å². The molecule has 5 heteroatoms. The summed E-state index contributed by atoms with van der Waals surface area (Å²) in [6, 6.07) is 11.5. The lowest BCUT2D eigenvalue weighted by Crippen LogP contribution is -2.37. The molecule has 0 atom stereocenters. The first kappa shape index (κ1) is 10.8. The first-order valence-corrected chi connectivity index (χ1v) is 5.12. The molecule has 0 saturated carbocycles. The number of ether oxygens (including phenoxy) is 1.